The Bertz CT molecular complexity index is 373. The van der Waals surface area contributed by atoms with Gasteiger partial charge < -0.3 is 20.5 Å². The van der Waals surface area contributed by atoms with Crippen LogP contribution in [-0.2, 0) is 4.74 Å². The molecule has 0 radical (unpaired) electrons. The number of anilines is 1. The highest BCUT2D eigenvalue weighted by atomic mass is 16.5. The number of aliphatic hydroxyl groups is 1. The van der Waals surface area contributed by atoms with Gasteiger partial charge in [0.2, 0.25) is 0 Å². The maximum atomic E-state index is 8.74. The Balaban J connectivity index is 1.87. The molecule has 0 spiro atoms. The topological polar surface area (TPSA) is 71.6 Å². The molecule has 0 saturated carbocycles. The third-order valence-corrected chi connectivity index (χ3v) is 3.51. The molecule has 1 aliphatic rings. The predicted molar refractivity (Wildman–Crippen MR) is 75.1 cm³/mol. The van der Waals surface area contributed by atoms with E-state index < -0.39 is 0 Å². The third-order valence-electron chi connectivity index (χ3n) is 3.51. The van der Waals surface area contributed by atoms with E-state index in [1.165, 1.54) is 0 Å². The van der Waals surface area contributed by atoms with E-state index in [2.05, 4.69) is 9.88 Å². The summed E-state index contributed by atoms with van der Waals surface area (Å²) >= 11 is 0. The molecule has 2 heterocycles. The first kappa shape index (κ1) is 14.2. The van der Waals surface area contributed by atoms with E-state index in [0.717, 1.165) is 37.3 Å². The Morgan fingerprint density at radius 1 is 1.47 bits per heavy atom. The summed E-state index contributed by atoms with van der Waals surface area (Å²) in [6.07, 6.45) is 4.09. The number of nitrogens with two attached hydrogens (primary N) is 1. The van der Waals surface area contributed by atoms with Gasteiger partial charge in [0, 0.05) is 25.3 Å². The van der Waals surface area contributed by atoms with Crippen molar-refractivity contribution in [2.75, 3.05) is 31.2 Å². The smallest absolute Gasteiger partial charge is 0.128 e. The molecule has 5 nitrogen and oxygen atoms in total. The maximum absolute atomic E-state index is 8.74. The Labute approximate surface area is 114 Å². The minimum Gasteiger partial charge on any atom is -0.394 e. The van der Waals surface area contributed by atoms with Gasteiger partial charge in [0.25, 0.3) is 0 Å². The third kappa shape index (κ3) is 3.89. The van der Waals surface area contributed by atoms with Crippen molar-refractivity contribution in [1.29, 1.82) is 0 Å². The molecular weight excluding hydrogens is 242 g/mol. The van der Waals surface area contributed by atoms with Crippen LogP contribution in [0.3, 0.4) is 0 Å². The largest absolute Gasteiger partial charge is 0.394 e. The molecule has 1 aliphatic heterocycles. The first-order valence-electron chi connectivity index (χ1n) is 6.89. The maximum Gasteiger partial charge on any atom is 0.128 e. The fourth-order valence-electron chi connectivity index (χ4n) is 2.32. The average Bonchev–Trinajstić information content (AvgIpc) is 2.46. The van der Waals surface area contributed by atoms with Gasteiger partial charge in [0.05, 0.1) is 19.3 Å². The van der Waals surface area contributed by atoms with Crippen LogP contribution < -0.4 is 10.6 Å². The normalized spacial score (nSPS) is 18.6. The van der Waals surface area contributed by atoms with Crippen molar-refractivity contribution in [3.63, 3.8) is 0 Å². The fraction of sp³-hybridized carbons (Fsp3) is 0.643. The van der Waals surface area contributed by atoms with Gasteiger partial charge >= 0.3 is 0 Å². The van der Waals surface area contributed by atoms with Crippen LogP contribution in [0.4, 0.5) is 5.82 Å². The van der Waals surface area contributed by atoms with Gasteiger partial charge in [-0.15, -0.1) is 0 Å². The first-order valence-corrected chi connectivity index (χ1v) is 6.89. The van der Waals surface area contributed by atoms with Gasteiger partial charge in [-0.25, -0.2) is 4.98 Å². The second-order valence-electron chi connectivity index (χ2n) is 5.02. The van der Waals surface area contributed by atoms with Crippen molar-refractivity contribution >= 4 is 5.82 Å². The Morgan fingerprint density at radius 3 is 2.74 bits per heavy atom. The quantitative estimate of drug-likeness (QED) is 0.833. The zero-order chi connectivity index (χ0) is 13.7. The lowest BCUT2D eigenvalue weighted by molar-refractivity contribution is 0.0158. The van der Waals surface area contributed by atoms with Gasteiger partial charge in [0.1, 0.15) is 5.82 Å². The molecule has 19 heavy (non-hydrogen) atoms. The molecule has 3 N–H and O–H groups in total. The Kier molecular flexibility index (Phi) is 5.13. The monoisotopic (exact) mass is 265 g/mol. The van der Waals surface area contributed by atoms with Crippen molar-refractivity contribution in [2.24, 2.45) is 5.73 Å². The van der Waals surface area contributed by atoms with E-state index in [1.54, 1.807) is 0 Å². The van der Waals surface area contributed by atoms with Crippen LogP contribution in [-0.4, -0.2) is 42.5 Å². The number of aliphatic hydroxyl groups excluding tert-OH is 1. The van der Waals surface area contributed by atoms with Crippen LogP contribution in [0.1, 0.15) is 31.4 Å². The SMILES string of the molecule is C[C@@H](N)c1ccc(N2CCC(OCCO)CC2)nc1. The lowest BCUT2D eigenvalue weighted by atomic mass is 10.1. The van der Waals surface area contributed by atoms with Crippen LogP contribution in [0.15, 0.2) is 18.3 Å². The van der Waals surface area contributed by atoms with Crippen LogP contribution in [0.2, 0.25) is 0 Å². The molecule has 1 fully saturated rings. The molecule has 1 atom stereocenters. The van der Waals surface area contributed by atoms with E-state index in [0.29, 0.717) is 6.61 Å². The fourth-order valence-corrected chi connectivity index (χ4v) is 2.32. The first-order chi connectivity index (χ1) is 9.20. The van der Waals surface area contributed by atoms with Crippen LogP contribution in [0.5, 0.6) is 0 Å². The number of ether oxygens (including phenoxy) is 1. The molecule has 2 rings (SSSR count). The van der Waals surface area contributed by atoms with E-state index in [1.807, 2.05) is 25.3 Å². The zero-order valence-electron chi connectivity index (χ0n) is 11.5. The summed E-state index contributed by atoms with van der Waals surface area (Å²) in [4.78, 5) is 6.74. The lowest BCUT2D eigenvalue weighted by Gasteiger charge is -2.32. The van der Waals surface area contributed by atoms with E-state index in [-0.39, 0.29) is 18.8 Å². The van der Waals surface area contributed by atoms with Crippen molar-refractivity contribution in [2.45, 2.75) is 31.9 Å². The molecule has 1 saturated heterocycles. The molecule has 0 aromatic carbocycles. The second-order valence-corrected chi connectivity index (χ2v) is 5.02. The van der Waals surface area contributed by atoms with Crippen LogP contribution in [0, 0.1) is 0 Å². The molecule has 106 valence electrons. The number of piperidine rings is 1. The van der Waals surface area contributed by atoms with Gasteiger partial charge in [-0.1, -0.05) is 6.07 Å². The van der Waals surface area contributed by atoms with Crippen molar-refractivity contribution in [3.8, 4) is 0 Å². The predicted octanol–water partition coefficient (Wildman–Crippen LogP) is 1.08. The van der Waals surface area contributed by atoms with Crippen LogP contribution in [0.25, 0.3) is 0 Å². The summed E-state index contributed by atoms with van der Waals surface area (Å²) in [5.41, 5.74) is 6.88. The summed E-state index contributed by atoms with van der Waals surface area (Å²) in [5, 5.41) is 8.74. The summed E-state index contributed by atoms with van der Waals surface area (Å²) in [6.45, 7) is 4.38. The summed E-state index contributed by atoms with van der Waals surface area (Å²) in [7, 11) is 0. The molecule has 5 heteroatoms. The van der Waals surface area contributed by atoms with Crippen molar-refractivity contribution in [1.82, 2.24) is 4.98 Å². The number of rotatable bonds is 5. The summed E-state index contributed by atoms with van der Waals surface area (Å²) < 4.78 is 5.55. The molecular formula is C14H23N3O2. The summed E-state index contributed by atoms with van der Waals surface area (Å²) in [5.74, 6) is 1.00. The Morgan fingerprint density at radius 2 is 2.21 bits per heavy atom. The number of hydrogen-bond acceptors (Lipinski definition) is 5. The second kappa shape index (κ2) is 6.84. The molecule has 1 aromatic heterocycles. The van der Waals surface area contributed by atoms with Gasteiger partial charge in [-0.3, -0.25) is 0 Å². The van der Waals surface area contributed by atoms with Gasteiger partial charge in [-0.05, 0) is 31.4 Å². The van der Waals surface area contributed by atoms with E-state index >= 15 is 0 Å². The van der Waals surface area contributed by atoms with Gasteiger partial charge in [-0.2, -0.15) is 0 Å². The van der Waals surface area contributed by atoms with E-state index in [4.69, 9.17) is 15.6 Å². The highest BCUT2D eigenvalue weighted by Gasteiger charge is 2.20. The van der Waals surface area contributed by atoms with Crippen LogP contribution >= 0.6 is 0 Å². The van der Waals surface area contributed by atoms with E-state index in [9.17, 15) is 0 Å². The summed E-state index contributed by atoms with van der Waals surface area (Å²) in [6, 6.07) is 4.11. The molecule has 0 bridgehead atoms. The molecule has 0 unspecified atom stereocenters. The minimum absolute atomic E-state index is 0.0270. The minimum atomic E-state index is 0.0270. The average molecular weight is 265 g/mol. The standard InChI is InChI=1S/C14H23N3O2/c1-11(15)12-2-3-14(16-10-12)17-6-4-13(5-7-17)19-9-8-18/h2-3,10-11,13,18H,4-9,15H2,1H3/t11-/m1/s1. The zero-order valence-corrected chi connectivity index (χ0v) is 11.5. The number of nitrogens with zero attached hydrogens (tertiary/aromatic N) is 2. The highest BCUT2D eigenvalue weighted by Crippen LogP contribution is 2.20. The van der Waals surface area contributed by atoms with Crippen molar-refractivity contribution < 1.29 is 9.84 Å². The lowest BCUT2D eigenvalue weighted by Crippen LogP contribution is -2.37. The van der Waals surface area contributed by atoms with Crippen molar-refractivity contribution in [3.05, 3.63) is 23.9 Å². The van der Waals surface area contributed by atoms with Gasteiger partial charge in [0.15, 0.2) is 0 Å². The molecule has 0 aliphatic carbocycles. The number of hydrogen-bond donors (Lipinski definition) is 2. The molecule has 1 aromatic rings. The highest BCUT2D eigenvalue weighted by molar-refractivity contribution is 5.40. The number of pyridine rings is 1. The Hall–Kier alpha value is -1.17. The molecule has 0 amide bonds. The number of aromatic nitrogens is 1.